The van der Waals surface area contributed by atoms with Crippen LogP contribution in [0.3, 0.4) is 0 Å². The van der Waals surface area contributed by atoms with Crippen LogP contribution in [0.1, 0.15) is 0 Å². The number of halogens is 3. The summed E-state index contributed by atoms with van der Waals surface area (Å²) in [5, 5.41) is 11.7. The van der Waals surface area contributed by atoms with Gasteiger partial charge in [0.05, 0.1) is 0 Å². The van der Waals surface area contributed by atoms with Crippen LogP contribution in [0, 0.1) is 5.82 Å². The van der Waals surface area contributed by atoms with Crippen molar-refractivity contribution in [1.82, 2.24) is 20.2 Å². The average Bonchev–Trinajstić information content (AvgIpc) is 2.89. The lowest BCUT2D eigenvalue weighted by atomic mass is 10.2. The maximum absolute atomic E-state index is 14.0. The first-order valence-corrected chi connectivity index (χ1v) is 7.02. The molecule has 2 N–H and O–H groups in total. The molecule has 0 aliphatic heterocycles. The zero-order chi connectivity index (χ0) is 15.0. The Morgan fingerprint density at radius 2 is 2.00 bits per heavy atom. The highest BCUT2D eigenvalue weighted by Gasteiger charge is 2.15. The normalized spacial score (nSPS) is 10.8. The zero-order valence-corrected chi connectivity index (χ0v) is 12.8. The van der Waals surface area contributed by atoms with Gasteiger partial charge in [-0.25, -0.2) is 4.39 Å². The van der Waals surface area contributed by atoms with E-state index in [1.54, 1.807) is 18.2 Å². The Kier molecular flexibility index (Phi) is 3.60. The number of hydrogen-bond donors (Lipinski definition) is 1. The summed E-state index contributed by atoms with van der Waals surface area (Å²) in [6, 6.07) is 9.42. The molecule has 0 atom stereocenters. The van der Waals surface area contributed by atoms with E-state index in [9.17, 15) is 4.39 Å². The first-order chi connectivity index (χ1) is 10.0. The highest BCUT2D eigenvalue weighted by atomic mass is 79.9. The number of aromatic nitrogens is 4. The molecule has 3 aromatic rings. The summed E-state index contributed by atoms with van der Waals surface area (Å²) in [6.07, 6.45) is 0. The van der Waals surface area contributed by atoms with Crippen molar-refractivity contribution in [1.29, 1.82) is 0 Å². The molecule has 106 valence electrons. The molecule has 8 heteroatoms. The van der Waals surface area contributed by atoms with Crippen molar-refractivity contribution in [2.45, 2.75) is 0 Å². The van der Waals surface area contributed by atoms with Gasteiger partial charge in [0.25, 0.3) is 0 Å². The van der Waals surface area contributed by atoms with E-state index in [0.29, 0.717) is 22.1 Å². The Labute approximate surface area is 132 Å². The topological polar surface area (TPSA) is 69.6 Å². The summed E-state index contributed by atoms with van der Waals surface area (Å²) in [6.45, 7) is 0. The number of tetrazole rings is 1. The quantitative estimate of drug-likeness (QED) is 0.703. The van der Waals surface area contributed by atoms with Crippen LogP contribution < -0.4 is 5.73 Å². The molecular weight excluding hydrogens is 361 g/mol. The minimum Gasteiger partial charge on any atom is -0.399 e. The number of nitrogens with two attached hydrogens (primary N) is 1. The van der Waals surface area contributed by atoms with Gasteiger partial charge >= 0.3 is 0 Å². The lowest BCUT2D eigenvalue weighted by Gasteiger charge is -2.07. The van der Waals surface area contributed by atoms with Crippen LogP contribution >= 0.6 is 27.5 Å². The minimum absolute atomic E-state index is 0.168. The van der Waals surface area contributed by atoms with Crippen LogP contribution in [0.5, 0.6) is 0 Å². The van der Waals surface area contributed by atoms with Gasteiger partial charge in [0.2, 0.25) is 0 Å². The predicted octanol–water partition coefficient (Wildman–Crippen LogP) is 3.47. The molecule has 0 radical (unpaired) electrons. The Morgan fingerprint density at radius 1 is 1.19 bits per heavy atom. The van der Waals surface area contributed by atoms with E-state index in [0.717, 1.165) is 4.47 Å². The molecule has 5 nitrogen and oxygen atoms in total. The second-order valence-electron chi connectivity index (χ2n) is 4.28. The molecule has 21 heavy (non-hydrogen) atoms. The largest absolute Gasteiger partial charge is 0.399 e. The smallest absolute Gasteiger partial charge is 0.187 e. The summed E-state index contributed by atoms with van der Waals surface area (Å²) in [5.74, 6) is -0.111. The van der Waals surface area contributed by atoms with E-state index in [4.69, 9.17) is 17.3 Å². The number of rotatable bonds is 2. The van der Waals surface area contributed by atoms with Crippen molar-refractivity contribution >= 4 is 33.2 Å². The van der Waals surface area contributed by atoms with Crippen molar-refractivity contribution in [2.24, 2.45) is 0 Å². The van der Waals surface area contributed by atoms with Gasteiger partial charge in [-0.3, -0.25) is 0 Å². The van der Waals surface area contributed by atoms with Crippen LogP contribution in [0.4, 0.5) is 10.1 Å². The van der Waals surface area contributed by atoms with E-state index >= 15 is 0 Å². The predicted molar refractivity (Wildman–Crippen MR) is 81.7 cm³/mol. The van der Waals surface area contributed by atoms with Gasteiger partial charge in [0, 0.05) is 20.7 Å². The van der Waals surface area contributed by atoms with Crippen LogP contribution in [0.15, 0.2) is 40.9 Å². The number of hydrogen-bond acceptors (Lipinski definition) is 4. The third kappa shape index (κ3) is 2.74. The third-order valence-corrected chi connectivity index (χ3v) is 3.48. The maximum atomic E-state index is 14.0. The number of anilines is 1. The van der Waals surface area contributed by atoms with Gasteiger partial charge in [-0.2, -0.15) is 4.68 Å². The third-order valence-electron chi connectivity index (χ3n) is 2.78. The van der Waals surface area contributed by atoms with Gasteiger partial charge in [-0.1, -0.05) is 27.5 Å². The summed E-state index contributed by atoms with van der Waals surface area (Å²) >= 11 is 9.26. The monoisotopic (exact) mass is 367 g/mol. The molecule has 3 rings (SSSR count). The Balaban J connectivity index is 2.19. The van der Waals surface area contributed by atoms with Gasteiger partial charge in [0.1, 0.15) is 11.5 Å². The van der Waals surface area contributed by atoms with Crippen LogP contribution in [0.25, 0.3) is 17.1 Å². The fraction of sp³-hybridized carbons (Fsp3) is 0. The second kappa shape index (κ2) is 5.42. The van der Waals surface area contributed by atoms with Crippen LogP contribution in [0.2, 0.25) is 5.02 Å². The number of nitrogens with zero attached hydrogens (tertiary/aromatic N) is 4. The van der Waals surface area contributed by atoms with Gasteiger partial charge in [-0.15, -0.1) is 5.10 Å². The molecule has 1 aromatic heterocycles. The van der Waals surface area contributed by atoms with Crippen molar-refractivity contribution < 1.29 is 4.39 Å². The van der Waals surface area contributed by atoms with Crippen molar-refractivity contribution in [3.8, 4) is 17.1 Å². The molecule has 0 aliphatic rings. The number of nitrogen functional groups attached to an aromatic ring is 1. The Hall–Kier alpha value is -1.99. The van der Waals surface area contributed by atoms with Gasteiger partial charge in [0.15, 0.2) is 5.82 Å². The average molecular weight is 369 g/mol. The van der Waals surface area contributed by atoms with Crippen LogP contribution in [-0.2, 0) is 0 Å². The molecule has 0 saturated heterocycles. The molecule has 0 unspecified atom stereocenters. The van der Waals surface area contributed by atoms with E-state index < -0.39 is 5.82 Å². The highest BCUT2D eigenvalue weighted by molar-refractivity contribution is 9.10. The van der Waals surface area contributed by atoms with E-state index in [2.05, 4.69) is 31.5 Å². The molecule has 0 fully saturated rings. The van der Waals surface area contributed by atoms with E-state index in [1.807, 2.05) is 0 Å². The molecule has 0 aliphatic carbocycles. The van der Waals surface area contributed by atoms with Crippen molar-refractivity contribution in [2.75, 3.05) is 5.73 Å². The molecule has 1 heterocycles. The van der Waals surface area contributed by atoms with E-state index in [-0.39, 0.29) is 5.69 Å². The fourth-order valence-electron chi connectivity index (χ4n) is 1.92. The van der Waals surface area contributed by atoms with E-state index in [1.165, 1.54) is 22.9 Å². The SMILES string of the molecule is Nc1cc(Br)cc(-c2nnnn2-c2cc(Cl)ccc2F)c1. The summed E-state index contributed by atoms with van der Waals surface area (Å²) < 4.78 is 16.0. The molecule has 0 spiro atoms. The van der Waals surface area contributed by atoms with Crippen LogP contribution in [-0.4, -0.2) is 20.2 Å². The van der Waals surface area contributed by atoms with Gasteiger partial charge < -0.3 is 5.73 Å². The fourth-order valence-corrected chi connectivity index (χ4v) is 2.60. The minimum atomic E-state index is -0.476. The molecular formula is C13H8BrClFN5. The second-order valence-corrected chi connectivity index (χ2v) is 5.64. The molecule has 0 bridgehead atoms. The molecule has 0 saturated carbocycles. The number of benzene rings is 2. The Morgan fingerprint density at radius 3 is 2.76 bits per heavy atom. The molecule has 2 aromatic carbocycles. The standard InChI is InChI=1S/C13H8BrClFN5/c14-8-3-7(4-10(17)5-8)13-18-19-20-21(13)12-6-9(15)1-2-11(12)16/h1-6H,17H2. The Bertz CT molecular complexity index is 800. The summed E-state index contributed by atoms with van der Waals surface area (Å²) in [4.78, 5) is 0. The summed E-state index contributed by atoms with van der Waals surface area (Å²) in [5.41, 5.74) is 7.17. The summed E-state index contributed by atoms with van der Waals surface area (Å²) in [7, 11) is 0. The molecule has 0 amide bonds. The van der Waals surface area contributed by atoms with Gasteiger partial charge in [-0.05, 0) is 46.8 Å². The lowest BCUT2D eigenvalue weighted by molar-refractivity contribution is 0.608. The van der Waals surface area contributed by atoms with Crippen molar-refractivity contribution in [3.63, 3.8) is 0 Å². The first kappa shape index (κ1) is 14.0. The lowest BCUT2D eigenvalue weighted by Crippen LogP contribution is -2.03. The first-order valence-electron chi connectivity index (χ1n) is 5.85. The highest BCUT2D eigenvalue weighted by Crippen LogP contribution is 2.27. The zero-order valence-electron chi connectivity index (χ0n) is 10.5. The maximum Gasteiger partial charge on any atom is 0.187 e. The van der Waals surface area contributed by atoms with Crippen molar-refractivity contribution in [3.05, 3.63) is 51.7 Å².